The summed E-state index contributed by atoms with van der Waals surface area (Å²) < 4.78 is 31.9. The summed E-state index contributed by atoms with van der Waals surface area (Å²) >= 11 is 0. The molecule has 6 N–H and O–H groups in total. The molecule has 288 valence electrons. The number of benzene rings is 1. The molecule has 1 fully saturated rings. The van der Waals surface area contributed by atoms with Crippen molar-refractivity contribution >= 4 is 41.8 Å². The highest BCUT2D eigenvalue weighted by Crippen LogP contribution is 2.65. The number of likely N-dealkylation sites (N-methyl/N-ethyl adjacent to an activating group) is 1. The first-order chi connectivity index (χ1) is 24.9. The van der Waals surface area contributed by atoms with E-state index in [4.69, 9.17) is 39.0 Å². The maximum Gasteiger partial charge on any atom is 0.348 e. The second-order valence-electron chi connectivity index (χ2n) is 13.1. The molecule has 9 atom stereocenters. The molecular formula is C33H37NO19. The summed E-state index contributed by atoms with van der Waals surface area (Å²) in [5.41, 5.74) is -0.855. The number of hydrogen-bond donors (Lipinski definition) is 6. The molecule has 0 aromatic heterocycles. The van der Waals surface area contributed by atoms with Gasteiger partial charge in [-0.25, -0.2) is 24.0 Å². The maximum atomic E-state index is 13.5. The number of rotatable bonds is 15. The van der Waals surface area contributed by atoms with Crippen molar-refractivity contribution in [3.8, 4) is 11.5 Å². The number of hydrogen-bond acceptors (Lipinski definition) is 17. The summed E-state index contributed by atoms with van der Waals surface area (Å²) in [7, 11) is 3.33. The topological polar surface area (TPSA) is 299 Å². The molecule has 0 unspecified atom stereocenters. The van der Waals surface area contributed by atoms with E-state index in [-0.39, 0.29) is 18.2 Å². The maximum absolute atomic E-state index is 13.5. The molecule has 1 aromatic carbocycles. The summed E-state index contributed by atoms with van der Waals surface area (Å²) in [5, 5.41) is 58.9. The summed E-state index contributed by atoms with van der Waals surface area (Å²) in [4.78, 5) is 87.1. The molecule has 0 radical (unpaired) electrons. The summed E-state index contributed by atoms with van der Waals surface area (Å²) in [6.07, 6.45) is -13.1. The van der Waals surface area contributed by atoms with Crippen molar-refractivity contribution in [1.29, 1.82) is 0 Å². The van der Waals surface area contributed by atoms with Crippen LogP contribution >= 0.6 is 0 Å². The third-order valence-electron chi connectivity index (χ3n) is 9.98. The number of carboxylic acid groups (broad SMARTS) is 3. The summed E-state index contributed by atoms with van der Waals surface area (Å²) in [6.45, 7) is 1.42. The molecule has 20 nitrogen and oxygen atoms in total. The fourth-order valence-electron chi connectivity index (χ4n) is 7.43. The Morgan fingerprint density at radius 3 is 2.23 bits per heavy atom. The van der Waals surface area contributed by atoms with Crippen molar-refractivity contribution in [2.75, 3.05) is 20.7 Å². The van der Waals surface area contributed by atoms with Crippen LogP contribution in [0.3, 0.4) is 0 Å². The lowest BCUT2D eigenvalue weighted by Gasteiger charge is -2.61. The van der Waals surface area contributed by atoms with Crippen LogP contribution in [-0.4, -0.2) is 146 Å². The van der Waals surface area contributed by atoms with Gasteiger partial charge in [-0.05, 0) is 51.1 Å². The van der Waals surface area contributed by atoms with Crippen molar-refractivity contribution in [3.05, 3.63) is 35.1 Å². The van der Waals surface area contributed by atoms with Gasteiger partial charge in [-0.3, -0.25) is 9.59 Å². The third kappa shape index (κ3) is 6.85. The van der Waals surface area contributed by atoms with Crippen molar-refractivity contribution < 1.29 is 92.6 Å². The Labute approximate surface area is 299 Å². The predicted octanol–water partition coefficient (Wildman–Crippen LogP) is -1.97. The minimum Gasteiger partial charge on any atom is -0.493 e. The minimum atomic E-state index is -2.76. The molecule has 1 saturated heterocycles. The Kier molecular flexibility index (Phi) is 10.7. The van der Waals surface area contributed by atoms with E-state index in [9.17, 15) is 48.9 Å². The molecule has 2 heterocycles. The number of carboxylic acids is 3. The molecule has 0 saturated carbocycles. The van der Waals surface area contributed by atoms with Gasteiger partial charge in [-0.1, -0.05) is 6.07 Å². The molecule has 20 heteroatoms. The highest BCUT2D eigenvalue weighted by molar-refractivity contribution is 5.90. The van der Waals surface area contributed by atoms with E-state index in [1.807, 2.05) is 18.0 Å². The van der Waals surface area contributed by atoms with Crippen LogP contribution in [0.2, 0.25) is 0 Å². The largest absolute Gasteiger partial charge is 0.493 e. The highest BCUT2D eigenvalue weighted by atomic mass is 16.6. The highest BCUT2D eigenvalue weighted by Gasteiger charge is 2.72. The van der Waals surface area contributed by atoms with Gasteiger partial charge in [0.1, 0.15) is 5.76 Å². The quantitative estimate of drug-likeness (QED) is 0.0836. The second kappa shape index (κ2) is 14.6. The first kappa shape index (κ1) is 38.9. The number of nitrogens with zero attached hydrogens (tertiary/aromatic N) is 1. The van der Waals surface area contributed by atoms with E-state index < -0.39 is 102 Å². The zero-order valence-electron chi connectivity index (χ0n) is 28.5. The normalized spacial score (nSPS) is 26.5. The molecular weight excluding hydrogens is 714 g/mol. The number of aliphatic hydroxyl groups excluding tert-OH is 2. The van der Waals surface area contributed by atoms with Gasteiger partial charge >= 0.3 is 41.8 Å². The number of carbonyl (C=O) groups is 7. The Hall–Kier alpha value is -5.31. The van der Waals surface area contributed by atoms with Crippen LogP contribution in [-0.2, 0) is 64.3 Å². The van der Waals surface area contributed by atoms with Crippen LogP contribution in [0.5, 0.6) is 11.5 Å². The SMILES string of the molecule is COc1ccc2c3c1O[C@@H]1C(OC(=O)C[C@H](OC(=O)[C@H](O)[C@@H](O)C(=O)O)C(=O)O[C@@H](C)C(=O)O[C@H](CC(=O)O)C(=O)O)=CC[C@]4(O)[C@H](C2)N(C)CC[C@@]314. The first-order valence-corrected chi connectivity index (χ1v) is 16.2. The van der Waals surface area contributed by atoms with Crippen molar-refractivity contribution in [3.63, 3.8) is 0 Å². The Morgan fingerprint density at radius 1 is 0.925 bits per heavy atom. The zero-order chi connectivity index (χ0) is 39.2. The average molecular weight is 752 g/mol. The van der Waals surface area contributed by atoms with Crippen LogP contribution in [0.25, 0.3) is 0 Å². The van der Waals surface area contributed by atoms with Gasteiger partial charge < -0.3 is 64.0 Å². The smallest absolute Gasteiger partial charge is 0.348 e. The van der Waals surface area contributed by atoms with E-state index in [0.29, 0.717) is 36.4 Å². The Morgan fingerprint density at radius 2 is 1.60 bits per heavy atom. The number of ether oxygens (including phenoxy) is 6. The van der Waals surface area contributed by atoms with E-state index >= 15 is 0 Å². The molecule has 2 bridgehead atoms. The van der Waals surface area contributed by atoms with E-state index in [1.54, 1.807) is 6.07 Å². The molecule has 2 aliphatic carbocycles. The van der Waals surface area contributed by atoms with Crippen LogP contribution in [0, 0.1) is 0 Å². The number of esters is 4. The number of likely N-dealkylation sites (tertiary alicyclic amines) is 1. The predicted molar refractivity (Wildman–Crippen MR) is 167 cm³/mol. The lowest BCUT2D eigenvalue weighted by molar-refractivity contribution is -0.189. The van der Waals surface area contributed by atoms with Crippen LogP contribution < -0.4 is 9.47 Å². The standard InChI is InChI=1S/C33H37NO19/c1-13(29(44)51-17(27(40)41)11-20(35)36)49-30(45)18(52-31(46)24(39)23(38)28(42)43)12-21(37)50-16-6-7-33(47)19-10-14-4-5-15(48-3)25-22(14)32(33,26(16)53-25)8-9-34(19)2/h4-6,13,17-19,23-24,26,38-39,47H,7-12H2,1-3H3,(H,35,36)(H,40,41)(H,42,43)/t13-,17+,18-,19-,23+,24+,26+,32+,33-/m0/s1. The van der Waals surface area contributed by atoms with Gasteiger partial charge in [0.15, 0.2) is 35.9 Å². The molecule has 53 heavy (non-hydrogen) atoms. The lowest BCUT2D eigenvalue weighted by atomic mass is 9.50. The van der Waals surface area contributed by atoms with Gasteiger partial charge in [0.25, 0.3) is 0 Å². The first-order valence-electron chi connectivity index (χ1n) is 16.2. The Bertz CT molecular complexity index is 1760. The number of carbonyl (C=O) groups excluding carboxylic acids is 4. The summed E-state index contributed by atoms with van der Waals surface area (Å²) in [5.74, 6) is -11.2. The Balaban J connectivity index is 1.38. The lowest BCUT2D eigenvalue weighted by Crippen LogP contribution is -2.74. The molecule has 1 spiro atoms. The van der Waals surface area contributed by atoms with Gasteiger partial charge in [0, 0.05) is 18.0 Å². The molecule has 4 aliphatic rings. The fraction of sp³-hybridized carbons (Fsp3) is 0.545. The van der Waals surface area contributed by atoms with E-state index in [2.05, 4.69) is 4.74 Å². The number of methoxy groups -OCH3 is 1. The van der Waals surface area contributed by atoms with Gasteiger partial charge in [0.2, 0.25) is 12.2 Å². The van der Waals surface area contributed by atoms with Gasteiger partial charge in [-0.2, -0.15) is 0 Å². The average Bonchev–Trinajstić information content (AvgIpc) is 3.45. The van der Waals surface area contributed by atoms with E-state index in [1.165, 1.54) is 13.2 Å². The fourth-order valence-corrected chi connectivity index (χ4v) is 7.43. The summed E-state index contributed by atoms with van der Waals surface area (Å²) in [6, 6.07) is 3.27. The number of aliphatic carboxylic acids is 3. The molecule has 1 aromatic rings. The van der Waals surface area contributed by atoms with Crippen LogP contribution in [0.4, 0.5) is 0 Å². The number of piperidine rings is 1. The van der Waals surface area contributed by atoms with Crippen LogP contribution in [0.1, 0.15) is 43.7 Å². The van der Waals surface area contributed by atoms with E-state index in [0.717, 1.165) is 12.5 Å². The monoisotopic (exact) mass is 751 g/mol. The van der Waals surface area contributed by atoms with Crippen molar-refractivity contribution in [2.45, 2.75) is 92.7 Å². The molecule has 5 rings (SSSR count). The van der Waals surface area contributed by atoms with Crippen LogP contribution in [0.15, 0.2) is 24.0 Å². The number of aliphatic hydroxyl groups is 3. The zero-order valence-corrected chi connectivity index (χ0v) is 28.5. The van der Waals surface area contributed by atoms with Crippen molar-refractivity contribution in [2.24, 2.45) is 0 Å². The second-order valence-corrected chi connectivity index (χ2v) is 13.1. The molecule has 2 aliphatic heterocycles. The van der Waals surface area contributed by atoms with Gasteiger partial charge in [0.05, 0.1) is 31.0 Å². The molecule has 0 amide bonds. The van der Waals surface area contributed by atoms with Gasteiger partial charge in [-0.15, -0.1) is 0 Å². The minimum absolute atomic E-state index is 0.0130. The van der Waals surface area contributed by atoms with Crippen molar-refractivity contribution in [1.82, 2.24) is 4.90 Å². The third-order valence-corrected chi connectivity index (χ3v) is 9.98.